The molecule has 4 aromatic rings. The highest BCUT2D eigenvalue weighted by Crippen LogP contribution is 2.46. The molecule has 2 aromatic heterocycles. The zero-order chi connectivity index (χ0) is 24.6. The number of ether oxygens (including phenoxy) is 1. The Morgan fingerprint density at radius 2 is 1.91 bits per heavy atom. The maximum Gasteiger partial charge on any atom is 0.417 e. The van der Waals surface area contributed by atoms with Gasteiger partial charge in [-0.25, -0.2) is 13.4 Å². The van der Waals surface area contributed by atoms with Crippen LogP contribution in [0.4, 0.5) is 18.9 Å². The highest BCUT2D eigenvalue weighted by atomic mass is 32.2. The molecule has 12 heteroatoms. The van der Waals surface area contributed by atoms with Crippen LogP contribution in [0.1, 0.15) is 17.5 Å². The topological polar surface area (TPSA) is 94.1 Å². The fraction of sp³-hybridized carbons (Fsp3) is 0.174. The lowest BCUT2D eigenvalue weighted by atomic mass is 9.96. The fourth-order valence-corrected chi connectivity index (χ4v) is 5.67. The Bertz CT molecular complexity index is 1480. The van der Waals surface area contributed by atoms with Gasteiger partial charge in [0.15, 0.2) is 0 Å². The number of fused-ring (bicyclic) bond motifs is 1. The molecular formula is C23H17F3N4O3S2. The molecule has 1 aliphatic rings. The molecule has 0 saturated carbocycles. The van der Waals surface area contributed by atoms with Gasteiger partial charge in [0.2, 0.25) is 0 Å². The maximum absolute atomic E-state index is 14.0. The summed E-state index contributed by atoms with van der Waals surface area (Å²) in [4.78, 5) is 4.10. The van der Waals surface area contributed by atoms with Crippen molar-refractivity contribution in [1.82, 2.24) is 15.2 Å². The van der Waals surface area contributed by atoms with Crippen LogP contribution in [0.5, 0.6) is 5.75 Å². The number of sulfonamides is 1. The predicted molar refractivity (Wildman–Crippen MR) is 125 cm³/mol. The monoisotopic (exact) mass is 518 g/mol. The lowest BCUT2D eigenvalue weighted by Gasteiger charge is -2.20. The summed E-state index contributed by atoms with van der Waals surface area (Å²) in [5.74, 6) is 0.479. The van der Waals surface area contributed by atoms with Crippen LogP contribution in [0.25, 0.3) is 21.8 Å². The summed E-state index contributed by atoms with van der Waals surface area (Å²) in [5, 5.41) is 9.37. The number of hydrogen-bond donors (Lipinski definition) is 1. The van der Waals surface area contributed by atoms with Crippen molar-refractivity contribution in [2.75, 3.05) is 11.3 Å². The Labute approximate surface area is 202 Å². The molecule has 7 nitrogen and oxygen atoms in total. The molecule has 180 valence electrons. The van der Waals surface area contributed by atoms with Gasteiger partial charge in [0.05, 0.1) is 28.4 Å². The first-order chi connectivity index (χ1) is 16.7. The van der Waals surface area contributed by atoms with E-state index in [0.29, 0.717) is 12.4 Å². The van der Waals surface area contributed by atoms with Crippen molar-refractivity contribution in [1.29, 1.82) is 0 Å². The van der Waals surface area contributed by atoms with Crippen LogP contribution in [0.15, 0.2) is 65.1 Å². The number of halogens is 3. The van der Waals surface area contributed by atoms with Gasteiger partial charge in [-0.3, -0.25) is 4.72 Å². The van der Waals surface area contributed by atoms with E-state index in [-0.39, 0.29) is 32.4 Å². The number of rotatable bonds is 5. The van der Waals surface area contributed by atoms with E-state index in [2.05, 4.69) is 19.9 Å². The minimum Gasteiger partial charge on any atom is -0.493 e. The zero-order valence-corrected chi connectivity index (χ0v) is 19.5. The van der Waals surface area contributed by atoms with E-state index in [0.717, 1.165) is 41.9 Å². The maximum atomic E-state index is 14.0. The van der Waals surface area contributed by atoms with Crippen LogP contribution in [-0.4, -0.2) is 30.2 Å². The number of aryl methyl sites for hydroxylation is 1. The lowest BCUT2D eigenvalue weighted by molar-refractivity contribution is -0.137. The molecule has 0 amide bonds. The van der Waals surface area contributed by atoms with Crippen molar-refractivity contribution < 1.29 is 26.3 Å². The van der Waals surface area contributed by atoms with Gasteiger partial charge in [0.25, 0.3) is 10.0 Å². The number of anilines is 1. The molecule has 1 N–H and O–H groups in total. The highest BCUT2D eigenvalue weighted by Gasteiger charge is 2.37. The molecule has 0 saturated heterocycles. The molecule has 3 heterocycles. The summed E-state index contributed by atoms with van der Waals surface area (Å²) in [6, 6.07) is 9.31. The average Bonchev–Trinajstić information content (AvgIpc) is 3.37. The lowest BCUT2D eigenvalue weighted by Crippen LogP contribution is -2.17. The van der Waals surface area contributed by atoms with Crippen LogP contribution in [0.3, 0.4) is 0 Å². The Kier molecular flexibility index (Phi) is 5.93. The number of aromatic nitrogens is 3. The molecule has 0 radical (unpaired) electrons. The molecule has 0 atom stereocenters. The molecule has 5 rings (SSSR count). The predicted octanol–water partition coefficient (Wildman–Crippen LogP) is 5.41. The molecular weight excluding hydrogens is 501 g/mol. The number of alkyl halides is 3. The molecule has 0 unspecified atom stereocenters. The molecule has 0 aliphatic carbocycles. The second-order valence-corrected chi connectivity index (χ2v) is 10.3. The van der Waals surface area contributed by atoms with Gasteiger partial charge in [-0.1, -0.05) is 6.07 Å². The minimum absolute atomic E-state index is 0.0342. The van der Waals surface area contributed by atoms with E-state index in [9.17, 15) is 21.6 Å². The molecule has 0 bridgehead atoms. The number of benzene rings is 2. The van der Waals surface area contributed by atoms with Crippen LogP contribution < -0.4 is 9.46 Å². The molecule has 0 fully saturated rings. The third-order valence-electron chi connectivity index (χ3n) is 5.43. The van der Waals surface area contributed by atoms with Crippen LogP contribution in [0, 0.1) is 0 Å². The first-order valence-electron chi connectivity index (χ1n) is 10.4. The summed E-state index contributed by atoms with van der Waals surface area (Å²) in [5.41, 5.74) is -0.547. The largest absolute Gasteiger partial charge is 0.493 e. The minimum atomic E-state index is -4.73. The third kappa shape index (κ3) is 4.58. The number of nitrogens with zero attached hydrogens (tertiary/aromatic N) is 3. The molecule has 35 heavy (non-hydrogen) atoms. The van der Waals surface area contributed by atoms with Gasteiger partial charge in [-0.2, -0.15) is 23.4 Å². The van der Waals surface area contributed by atoms with E-state index in [4.69, 9.17) is 4.74 Å². The molecule has 0 spiro atoms. The Morgan fingerprint density at radius 3 is 2.63 bits per heavy atom. The van der Waals surface area contributed by atoms with Crippen molar-refractivity contribution in [2.45, 2.75) is 23.9 Å². The standard InChI is InChI=1S/C23H17F3N4O3S2/c24-23(25,26)16-7-8-18(21(22-27-10-12-34-22)20(16)17-4-1-9-28-29-17)30-35(31,32)15-6-5-14-3-2-11-33-19(14)13-15/h1,4-10,12-13,30H,2-3,11H2. The second kappa shape index (κ2) is 8.93. The van der Waals surface area contributed by atoms with Crippen LogP contribution in [0.2, 0.25) is 0 Å². The summed E-state index contributed by atoms with van der Waals surface area (Å²) < 4.78 is 76.7. The normalized spacial score (nSPS) is 13.7. The van der Waals surface area contributed by atoms with Gasteiger partial charge < -0.3 is 4.74 Å². The van der Waals surface area contributed by atoms with Gasteiger partial charge in [-0.05, 0) is 48.7 Å². The third-order valence-corrected chi connectivity index (χ3v) is 7.58. The second-order valence-electron chi connectivity index (χ2n) is 7.68. The first kappa shape index (κ1) is 23.2. The molecule has 2 aromatic carbocycles. The quantitative estimate of drug-likeness (QED) is 0.380. The SMILES string of the molecule is O=S(=O)(Nc1ccc(C(F)(F)F)c(-c2cccnn2)c1-c1nccs1)c1ccc2c(c1)OCCC2. The summed E-state index contributed by atoms with van der Waals surface area (Å²) >= 11 is 1.08. The summed E-state index contributed by atoms with van der Waals surface area (Å²) in [6.07, 6.45) is -0.348. The van der Waals surface area contributed by atoms with E-state index < -0.39 is 21.8 Å². The van der Waals surface area contributed by atoms with Crippen molar-refractivity contribution in [3.05, 3.63) is 71.4 Å². The number of nitrogens with one attached hydrogen (secondary N) is 1. The van der Waals surface area contributed by atoms with Gasteiger partial charge >= 0.3 is 6.18 Å². The number of hydrogen-bond acceptors (Lipinski definition) is 7. The van der Waals surface area contributed by atoms with Crippen molar-refractivity contribution in [3.8, 4) is 27.6 Å². The zero-order valence-electron chi connectivity index (χ0n) is 17.9. The van der Waals surface area contributed by atoms with Crippen LogP contribution >= 0.6 is 11.3 Å². The van der Waals surface area contributed by atoms with E-state index in [1.165, 1.54) is 36.7 Å². The first-order valence-corrected chi connectivity index (χ1v) is 12.8. The summed E-state index contributed by atoms with van der Waals surface area (Å²) in [6.45, 7) is 0.485. The Hall–Kier alpha value is -3.51. The van der Waals surface area contributed by atoms with Crippen molar-refractivity contribution in [2.24, 2.45) is 0 Å². The van der Waals surface area contributed by atoms with Gasteiger partial charge in [0, 0.05) is 35.0 Å². The van der Waals surface area contributed by atoms with Gasteiger partial charge in [0.1, 0.15) is 10.8 Å². The fourth-order valence-electron chi connectivity index (χ4n) is 3.89. The van der Waals surface area contributed by atoms with Crippen molar-refractivity contribution in [3.63, 3.8) is 0 Å². The smallest absolute Gasteiger partial charge is 0.417 e. The van der Waals surface area contributed by atoms with Crippen molar-refractivity contribution >= 4 is 27.0 Å². The summed E-state index contributed by atoms with van der Waals surface area (Å²) in [7, 11) is -4.18. The van der Waals surface area contributed by atoms with E-state index >= 15 is 0 Å². The Morgan fingerprint density at radius 1 is 1.06 bits per heavy atom. The highest BCUT2D eigenvalue weighted by molar-refractivity contribution is 7.92. The van der Waals surface area contributed by atoms with Gasteiger partial charge in [-0.15, -0.1) is 11.3 Å². The average molecular weight is 519 g/mol. The number of thiazole rings is 1. The van der Waals surface area contributed by atoms with E-state index in [1.54, 1.807) is 11.4 Å². The van der Waals surface area contributed by atoms with E-state index in [1.807, 2.05) is 0 Å². The molecule has 1 aliphatic heterocycles. The Balaban J connectivity index is 1.69. The van der Waals surface area contributed by atoms with Crippen LogP contribution in [-0.2, 0) is 22.6 Å².